The van der Waals surface area contributed by atoms with Crippen LogP contribution in [0.15, 0.2) is 12.7 Å². The molecule has 2 bridgehead atoms. The lowest BCUT2D eigenvalue weighted by molar-refractivity contribution is -0.163. The fourth-order valence-electron chi connectivity index (χ4n) is 2.85. The minimum Gasteiger partial charge on any atom is -0.450 e. The Labute approximate surface area is 98.7 Å². The second-order valence-electron chi connectivity index (χ2n) is 4.68. The van der Waals surface area contributed by atoms with Crippen molar-refractivity contribution in [1.29, 1.82) is 0 Å². The summed E-state index contributed by atoms with van der Waals surface area (Å²) in [6, 6.07) is 0. The number of esters is 1. The van der Waals surface area contributed by atoms with Gasteiger partial charge in [0.25, 0.3) is 10.1 Å². The van der Waals surface area contributed by atoms with Crippen LogP contribution >= 0.6 is 0 Å². The van der Waals surface area contributed by atoms with Crippen molar-refractivity contribution in [2.45, 2.75) is 42.5 Å². The van der Waals surface area contributed by atoms with E-state index in [-0.39, 0.29) is 0 Å². The molecule has 0 amide bonds. The maximum Gasteiger partial charge on any atom is 0.330 e. The van der Waals surface area contributed by atoms with E-state index in [2.05, 4.69) is 6.58 Å². The molecule has 3 aliphatic rings. The summed E-state index contributed by atoms with van der Waals surface area (Å²) < 4.78 is 39.1. The second kappa shape index (κ2) is 3.09. The summed E-state index contributed by atoms with van der Waals surface area (Å²) in [5.74, 6) is -0.604. The van der Waals surface area contributed by atoms with Gasteiger partial charge >= 0.3 is 5.97 Å². The normalized spacial score (nSPS) is 49.2. The van der Waals surface area contributed by atoms with Crippen molar-refractivity contribution < 1.29 is 26.9 Å². The van der Waals surface area contributed by atoms with Crippen LogP contribution in [0.3, 0.4) is 0 Å². The topological polar surface area (TPSA) is 78.9 Å². The van der Waals surface area contributed by atoms with Gasteiger partial charge in [0.15, 0.2) is 5.60 Å². The third-order valence-corrected chi connectivity index (χ3v) is 5.41. The van der Waals surface area contributed by atoms with Gasteiger partial charge < -0.3 is 9.47 Å². The van der Waals surface area contributed by atoms with Gasteiger partial charge in [-0.05, 0) is 13.3 Å². The highest BCUT2D eigenvalue weighted by atomic mass is 32.2. The third-order valence-electron chi connectivity index (χ3n) is 3.73. The minimum absolute atomic E-state index is 0.310. The molecule has 94 valence electrons. The molecule has 0 radical (unpaired) electrons. The fraction of sp³-hybridized carbons (Fsp3) is 0.700. The van der Waals surface area contributed by atoms with Crippen LogP contribution in [-0.4, -0.2) is 43.5 Å². The zero-order chi connectivity index (χ0) is 12.4. The summed E-state index contributed by atoms with van der Waals surface area (Å²) in [6.45, 7) is 4.95. The molecule has 0 aromatic carbocycles. The lowest BCUT2D eigenvalue weighted by Gasteiger charge is -2.32. The molecule has 3 aliphatic heterocycles. The van der Waals surface area contributed by atoms with Gasteiger partial charge in [0.2, 0.25) is 0 Å². The number of carbonyl (C=O) groups excluding carboxylic acids is 1. The van der Waals surface area contributed by atoms with E-state index in [1.165, 1.54) is 0 Å². The van der Waals surface area contributed by atoms with Crippen LogP contribution in [0.2, 0.25) is 0 Å². The average molecular weight is 260 g/mol. The first-order chi connectivity index (χ1) is 7.88. The average Bonchev–Trinajstić information content (AvgIpc) is 2.83. The van der Waals surface area contributed by atoms with Gasteiger partial charge in [0.05, 0.1) is 0 Å². The molecule has 5 unspecified atom stereocenters. The van der Waals surface area contributed by atoms with E-state index in [0.717, 1.165) is 6.08 Å². The number of ether oxygens (including phenoxy) is 2. The van der Waals surface area contributed by atoms with Crippen molar-refractivity contribution in [2.75, 3.05) is 0 Å². The van der Waals surface area contributed by atoms with E-state index in [1.54, 1.807) is 6.92 Å². The minimum atomic E-state index is -3.59. The Morgan fingerprint density at radius 3 is 2.94 bits per heavy atom. The molecule has 17 heavy (non-hydrogen) atoms. The fourth-order valence-corrected chi connectivity index (χ4v) is 4.53. The first-order valence-corrected chi connectivity index (χ1v) is 6.78. The van der Waals surface area contributed by atoms with Crippen LogP contribution in [0, 0.1) is 0 Å². The molecule has 7 heteroatoms. The van der Waals surface area contributed by atoms with Gasteiger partial charge in [-0.3, -0.25) is 4.18 Å². The predicted molar refractivity (Wildman–Crippen MR) is 55.6 cm³/mol. The van der Waals surface area contributed by atoms with Crippen LogP contribution in [0.5, 0.6) is 0 Å². The summed E-state index contributed by atoms with van der Waals surface area (Å²) in [7, 11) is -3.59. The second-order valence-corrected chi connectivity index (χ2v) is 6.47. The zero-order valence-electron chi connectivity index (χ0n) is 9.16. The van der Waals surface area contributed by atoms with Crippen molar-refractivity contribution in [3.8, 4) is 0 Å². The van der Waals surface area contributed by atoms with E-state index in [4.69, 9.17) is 13.7 Å². The molecule has 0 saturated carbocycles. The van der Waals surface area contributed by atoms with Crippen LogP contribution in [-0.2, 0) is 28.6 Å². The predicted octanol–water partition coefficient (Wildman–Crippen LogP) is -0.257. The first-order valence-electron chi connectivity index (χ1n) is 5.31. The Morgan fingerprint density at radius 2 is 2.29 bits per heavy atom. The molecule has 0 spiro atoms. The number of rotatable bonds is 2. The van der Waals surface area contributed by atoms with Crippen molar-refractivity contribution in [2.24, 2.45) is 0 Å². The monoisotopic (exact) mass is 260 g/mol. The highest BCUT2D eigenvalue weighted by Crippen LogP contribution is 2.53. The van der Waals surface area contributed by atoms with E-state index in [0.29, 0.717) is 6.42 Å². The molecule has 5 atom stereocenters. The van der Waals surface area contributed by atoms with Crippen LogP contribution in [0.25, 0.3) is 0 Å². The third kappa shape index (κ3) is 1.27. The molecule has 3 saturated heterocycles. The maximum absolute atomic E-state index is 11.7. The molecule has 0 aromatic heterocycles. The zero-order valence-corrected chi connectivity index (χ0v) is 9.98. The molecule has 3 rings (SSSR count). The van der Waals surface area contributed by atoms with Crippen LogP contribution < -0.4 is 0 Å². The summed E-state index contributed by atoms with van der Waals surface area (Å²) in [5.41, 5.74) is -1.05. The van der Waals surface area contributed by atoms with Gasteiger partial charge in [0, 0.05) is 6.08 Å². The Balaban J connectivity index is 1.96. The molecular weight excluding hydrogens is 248 g/mol. The standard InChI is InChI=1S/C10H12O6S/c1-3-7(11)15-10(2)6-4-5-8(14-6)9(10)16-17(5,12)13/h3,5-6,8-9H,1,4H2,2H3. The van der Waals surface area contributed by atoms with Gasteiger partial charge in [-0.25, -0.2) is 4.79 Å². The Morgan fingerprint density at radius 1 is 1.59 bits per heavy atom. The van der Waals surface area contributed by atoms with Crippen molar-refractivity contribution in [1.82, 2.24) is 0 Å². The quantitative estimate of drug-likeness (QED) is 0.387. The van der Waals surface area contributed by atoms with E-state index in [9.17, 15) is 13.2 Å². The summed E-state index contributed by atoms with van der Waals surface area (Å²) in [6.07, 6.45) is -0.334. The summed E-state index contributed by atoms with van der Waals surface area (Å²) in [4.78, 5) is 11.3. The number of fused-ring (bicyclic) bond motifs is 1. The van der Waals surface area contributed by atoms with Gasteiger partial charge in [-0.15, -0.1) is 0 Å². The van der Waals surface area contributed by atoms with Crippen molar-refractivity contribution in [3.05, 3.63) is 12.7 Å². The Hall–Kier alpha value is -0.920. The van der Waals surface area contributed by atoms with Crippen molar-refractivity contribution in [3.63, 3.8) is 0 Å². The lowest BCUT2D eigenvalue weighted by atomic mass is 9.83. The van der Waals surface area contributed by atoms with Crippen LogP contribution in [0.4, 0.5) is 0 Å². The molecule has 6 nitrogen and oxygen atoms in total. The summed E-state index contributed by atoms with van der Waals surface area (Å²) in [5, 5.41) is -0.618. The van der Waals surface area contributed by atoms with Gasteiger partial charge in [-0.2, -0.15) is 8.42 Å². The highest BCUT2D eigenvalue weighted by molar-refractivity contribution is 7.87. The molecular formula is C10H12O6S. The van der Waals surface area contributed by atoms with E-state index in [1.807, 2.05) is 0 Å². The van der Waals surface area contributed by atoms with E-state index < -0.39 is 45.3 Å². The number of hydrogen-bond acceptors (Lipinski definition) is 6. The number of hydrogen-bond donors (Lipinski definition) is 0. The molecule has 3 heterocycles. The molecule has 3 fully saturated rings. The Bertz CT molecular complexity index is 497. The van der Waals surface area contributed by atoms with Gasteiger partial charge in [-0.1, -0.05) is 6.58 Å². The van der Waals surface area contributed by atoms with E-state index >= 15 is 0 Å². The molecule has 0 aliphatic carbocycles. The molecule has 0 aromatic rings. The summed E-state index contributed by atoms with van der Waals surface area (Å²) >= 11 is 0. The lowest BCUT2D eigenvalue weighted by Crippen LogP contribution is -2.51. The highest BCUT2D eigenvalue weighted by Gasteiger charge is 2.72. The van der Waals surface area contributed by atoms with Crippen LogP contribution in [0.1, 0.15) is 13.3 Å². The smallest absolute Gasteiger partial charge is 0.330 e. The van der Waals surface area contributed by atoms with Crippen molar-refractivity contribution >= 4 is 16.1 Å². The Kier molecular flexibility index (Phi) is 2.04. The molecule has 0 N–H and O–H groups in total. The number of carbonyl (C=O) groups is 1. The largest absolute Gasteiger partial charge is 0.450 e. The SMILES string of the molecule is C=CC(=O)OC1(C)C2CC3C(O2)C1OS3(=O)=O. The van der Waals surface area contributed by atoms with Gasteiger partial charge in [0.1, 0.15) is 23.6 Å². The first kappa shape index (κ1) is 11.2. The maximum atomic E-state index is 11.7.